The Balaban J connectivity index is 2.03. The van der Waals surface area contributed by atoms with Crippen LogP contribution >= 0.6 is 11.6 Å². The van der Waals surface area contributed by atoms with Crippen LogP contribution in [0.3, 0.4) is 0 Å². The molecule has 1 fully saturated rings. The van der Waals surface area contributed by atoms with Crippen LogP contribution in [0.1, 0.15) is 34.1 Å². The number of carbonyl (C=O) groups is 3. The molecule has 7 nitrogen and oxygen atoms in total. The molecule has 180 valence electrons. The molecular weight excluding hydrogens is 444 g/mol. The minimum atomic E-state index is -0.879. The third kappa shape index (κ3) is 5.09. The highest BCUT2D eigenvalue weighted by molar-refractivity contribution is 6.33. The summed E-state index contributed by atoms with van der Waals surface area (Å²) in [4.78, 5) is 41.7. The number of esters is 1. The monoisotopic (exact) mass is 476 g/mol. The molecule has 1 aliphatic carbocycles. The maximum absolute atomic E-state index is 13.8. The molecule has 0 aromatic heterocycles. The van der Waals surface area contributed by atoms with Gasteiger partial charge in [-0.25, -0.2) is 0 Å². The molecule has 0 saturated carbocycles. The van der Waals surface area contributed by atoms with Crippen LogP contribution in [0.25, 0.3) is 0 Å². The molecule has 2 N–H and O–H groups in total. The Bertz CT molecular complexity index is 918. The van der Waals surface area contributed by atoms with Crippen molar-refractivity contribution in [2.75, 3.05) is 18.5 Å². The number of allylic oxidation sites excluding steroid dienone is 1. The number of hydrogen-bond acceptors (Lipinski definition) is 5. The number of aliphatic hydroxyl groups is 1. The zero-order valence-electron chi connectivity index (χ0n) is 19.5. The molecule has 0 unspecified atom stereocenters. The number of ether oxygens (including phenoxy) is 1. The third-order valence-corrected chi connectivity index (χ3v) is 6.85. The van der Waals surface area contributed by atoms with Crippen molar-refractivity contribution in [2.45, 2.75) is 46.2 Å². The molecular formula is C25H33ClN2O5. The number of rotatable bonds is 8. The number of fused-ring (bicyclic) bond motifs is 1. The van der Waals surface area contributed by atoms with Crippen molar-refractivity contribution in [3.05, 3.63) is 41.4 Å². The van der Waals surface area contributed by atoms with E-state index in [1.54, 1.807) is 31.2 Å². The standard InChI is InChI=1S/C25H33ClN2O5/c1-5-33-25(32)20-15(4)10-11-17-21(20)24(31)28(16(13-29)12-14(2)3)22(17)23(30)27-19-9-7-6-8-18(19)26/h6-11,14-17,20-22,29H,5,12-13H2,1-4H3,(H,27,30)/t15-,16-,17+,20-,21-,22+/m1/s1. The van der Waals surface area contributed by atoms with Crippen molar-refractivity contribution in [3.63, 3.8) is 0 Å². The SMILES string of the molecule is CCOC(=O)[C@H]1[C@@H]2C(=O)N([C@@H](CO)CC(C)C)[C@H](C(=O)Nc3ccccc3Cl)[C@H]2C=C[C@H]1C. The minimum absolute atomic E-state index is 0.195. The van der Waals surface area contributed by atoms with Crippen molar-refractivity contribution < 1.29 is 24.2 Å². The van der Waals surface area contributed by atoms with Crippen LogP contribution < -0.4 is 5.32 Å². The van der Waals surface area contributed by atoms with Crippen LogP contribution in [0, 0.1) is 29.6 Å². The minimum Gasteiger partial charge on any atom is -0.466 e. The fourth-order valence-electron chi connectivity index (χ4n) is 5.12. The predicted molar refractivity (Wildman–Crippen MR) is 126 cm³/mol. The highest BCUT2D eigenvalue weighted by Crippen LogP contribution is 2.45. The summed E-state index contributed by atoms with van der Waals surface area (Å²) in [5, 5.41) is 13.4. The molecule has 6 atom stereocenters. The second kappa shape index (κ2) is 10.7. The van der Waals surface area contributed by atoms with Crippen molar-refractivity contribution in [1.29, 1.82) is 0 Å². The molecule has 3 rings (SSSR count). The number of amides is 2. The van der Waals surface area contributed by atoms with Crippen LogP contribution in [0.15, 0.2) is 36.4 Å². The van der Waals surface area contributed by atoms with Crippen LogP contribution in [0.2, 0.25) is 5.02 Å². The van der Waals surface area contributed by atoms with E-state index in [4.69, 9.17) is 16.3 Å². The lowest BCUT2D eigenvalue weighted by Crippen LogP contribution is -2.51. The van der Waals surface area contributed by atoms with Gasteiger partial charge in [0, 0.05) is 5.92 Å². The van der Waals surface area contributed by atoms with E-state index < -0.39 is 41.7 Å². The molecule has 1 heterocycles. The van der Waals surface area contributed by atoms with E-state index in [-0.39, 0.29) is 31.0 Å². The van der Waals surface area contributed by atoms with Gasteiger partial charge in [-0.1, -0.05) is 56.7 Å². The molecule has 1 aromatic carbocycles. The van der Waals surface area contributed by atoms with Crippen molar-refractivity contribution in [2.24, 2.45) is 29.6 Å². The highest BCUT2D eigenvalue weighted by Gasteiger charge is 2.58. The van der Waals surface area contributed by atoms with Gasteiger partial charge in [0.2, 0.25) is 11.8 Å². The second-order valence-corrected chi connectivity index (χ2v) is 9.66. The summed E-state index contributed by atoms with van der Waals surface area (Å²) in [6.45, 7) is 7.54. The Morgan fingerprint density at radius 3 is 2.55 bits per heavy atom. The van der Waals surface area contributed by atoms with Gasteiger partial charge in [0.25, 0.3) is 0 Å². The lowest BCUT2D eigenvalue weighted by atomic mass is 9.70. The number of anilines is 1. The molecule has 0 bridgehead atoms. The summed E-state index contributed by atoms with van der Waals surface area (Å²) in [5.74, 6) is -3.08. The Labute approximate surface area is 200 Å². The summed E-state index contributed by atoms with van der Waals surface area (Å²) >= 11 is 6.24. The van der Waals surface area contributed by atoms with Gasteiger partial charge < -0.3 is 20.1 Å². The van der Waals surface area contributed by atoms with Crippen molar-refractivity contribution in [3.8, 4) is 0 Å². The number of benzene rings is 1. The Morgan fingerprint density at radius 2 is 1.94 bits per heavy atom. The van der Waals surface area contributed by atoms with Gasteiger partial charge in [-0.3, -0.25) is 14.4 Å². The molecule has 2 amide bonds. The van der Waals surface area contributed by atoms with Gasteiger partial charge in [0.15, 0.2) is 0 Å². The van der Waals surface area contributed by atoms with Crippen LogP contribution in [0.4, 0.5) is 5.69 Å². The molecule has 33 heavy (non-hydrogen) atoms. The number of hydrogen-bond donors (Lipinski definition) is 2. The topological polar surface area (TPSA) is 95.9 Å². The first kappa shape index (κ1) is 25.2. The first-order valence-electron chi connectivity index (χ1n) is 11.5. The number of carbonyl (C=O) groups excluding carboxylic acids is 3. The van der Waals surface area contributed by atoms with Gasteiger partial charge >= 0.3 is 5.97 Å². The van der Waals surface area contributed by atoms with E-state index in [0.29, 0.717) is 17.1 Å². The maximum atomic E-state index is 13.8. The first-order valence-corrected chi connectivity index (χ1v) is 11.9. The van der Waals surface area contributed by atoms with Crippen molar-refractivity contribution in [1.82, 2.24) is 4.90 Å². The average Bonchev–Trinajstić information content (AvgIpc) is 3.06. The van der Waals surface area contributed by atoms with Gasteiger partial charge in [0.05, 0.1) is 41.8 Å². The summed E-state index contributed by atoms with van der Waals surface area (Å²) in [5.41, 5.74) is 0.444. The Hall–Kier alpha value is -2.38. The van der Waals surface area contributed by atoms with Crippen LogP contribution in [0.5, 0.6) is 0 Å². The fourth-order valence-corrected chi connectivity index (χ4v) is 5.30. The molecule has 0 radical (unpaired) electrons. The number of halogens is 1. The van der Waals surface area contributed by atoms with E-state index in [1.165, 1.54) is 4.90 Å². The first-order chi connectivity index (χ1) is 15.7. The van der Waals surface area contributed by atoms with Gasteiger partial charge in [-0.15, -0.1) is 0 Å². The number of aliphatic hydroxyl groups excluding tert-OH is 1. The molecule has 1 aromatic rings. The van der Waals surface area contributed by atoms with E-state index in [1.807, 2.05) is 32.9 Å². The van der Waals surface area contributed by atoms with Crippen molar-refractivity contribution >= 4 is 35.1 Å². The van der Waals surface area contributed by atoms with Crippen LogP contribution in [-0.4, -0.2) is 53.1 Å². The number of likely N-dealkylation sites (tertiary alicyclic amines) is 1. The molecule has 2 aliphatic rings. The summed E-state index contributed by atoms with van der Waals surface area (Å²) in [6.07, 6.45) is 4.27. The van der Waals surface area contributed by atoms with Gasteiger partial charge in [-0.05, 0) is 37.3 Å². The third-order valence-electron chi connectivity index (χ3n) is 6.52. The highest BCUT2D eigenvalue weighted by atomic mass is 35.5. The quantitative estimate of drug-likeness (QED) is 0.442. The zero-order valence-corrected chi connectivity index (χ0v) is 20.3. The molecule has 0 spiro atoms. The summed E-state index contributed by atoms with van der Waals surface area (Å²) < 4.78 is 5.29. The normalized spacial score (nSPS) is 27.4. The zero-order chi connectivity index (χ0) is 24.3. The van der Waals surface area contributed by atoms with E-state index >= 15 is 0 Å². The average molecular weight is 477 g/mol. The lowest BCUT2D eigenvalue weighted by molar-refractivity contribution is -0.156. The smallest absolute Gasteiger partial charge is 0.310 e. The number of nitrogens with one attached hydrogen (secondary N) is 1. The largest absolute Gasteiger partial charge is 0.466 e. The summed E-state index contributed by atoms with van der Waals surface area (Å²) in [6, 6.07) is 5.46. The fraction of sp³-hybridized carbons (Fsp3) is 0.560. The number of para-hydroxylation sites is 1. The van der Waals surface area contributed by atoms with Gasteiger partial charge in [-0.2, -0.15) is 0 Å². The van der Waals surface area contributed by atoms with Gasteiger partial charge in [0.1, 0.15) is 6.04 Å². The van der Waals surface area contributed by atoms with E-state index in [2.05, 4.69) is 5.32 Å². The molecule has 1 aliphatic heterocycles. The van der Waals surface area contributed by atoms with E-state index in [0.717, 1.165) is 0 Å². The number of nitrogens with zero attached hydrogens (tertiary/aromatic N) is 1. The Morgan fingerprint density at radius 1 is 1.24 bits per heavy atom. The maximum Gasteiger partial charge on any atom is 0.310 e. The van der Waals surface area contributed by atoms with E-state index in [9.17, 15) is 19.5 Å². The Kier molecular flexibility index (Phi) is 8.19. The predicted octanol–water partition coefficient (Wildman–Crippen LogP) is 3.51. The second-order valence-electron chi connectivity index (χ2n) is 9.25. The van der Waals surface area contributed by atoms with Crippen LogP contribution in [-0.2, 0) is 19.1 Å². The molecule has 8 heteroatoms. The summed E-state index contributed by atoms with van der Waals surface area (Å²) in [7, 11) is 0. The molecule has 1 saturated heterocycles. The lowest BCUT2D eigenvalue weighted by Gasteiger charge is -2.34.